The van der Waals surface area contributed by atoms with Crippen molar-refractivity contribution in [1.29, 1.82) is 5.26 Å². The van der Waals surface area contributed by atoms with Crippen molar-refractivity contribution in [3.05, 3.63) is 35.9 Å². The molecule has 1 rings (SSSR count). The maximum Gasteiger partial charge on any atom is 0.263 e. The molecule has 0 aliphatic rings. The summed E-state index contributed by atoms with van der Waals surface area (Å²) in [4.78, 5) is 11.7. The van der Waals surface area contributed by atoms with Gasteiger partial charge in [-0.15, -0.1) is 0 Å². The van der Waals surface area contributed by atoms with Crippen molar-refractivity contribution < 1.29 is 13.9 Å². The topological polar surface area (TPSA) is 87.3 Å². The number of amides is 1. The van der Waals surface area contributed by atoms with E-state index in [4.69, 9.17) is 14.4 Å². The molecule has 0 aliphatic carbocycles. The Bertz CT molecular complexity index is 461. The summed E-state index contributed by atoms with van der Waals surface area (Å²) < 4.78 is 10.3. The quantitative estimate of drug-likeness (QED) is 0.404. The molecule has 0 aliphatic heterocycles. The van der Waals surface area contributed by atoms with Gasteiger partial charge in [0.2, 0.25) is 0 Å². The number of hydrogen-bond acceptors (Lipinski definition) is 5. The molecule has 0 unspecified atom stereocenters. The van der Waals surface area contributed by atoms with E-state index in [0.717, 1.165) is 12.2 Å². The molecule has 20 heavy (non-hydrogen) atoms. The van der Waals surface area contributed by atoms with Gasteiger partial charge in [-0.2, -0.15) is 5.26 Å². The minimum absolute atomic E-state index is 0.0352. The lowest BCUT2D eigenvalue weighted by Gasteiger charge is -2.04. The van der Waals surface area contributed by atoms with Crippen LogP contribution in [-0.4, -0.2) is 25.7 Å². The van der Waals surface area contributed by atoms with Crippen molar-refractivity contribution in [3.8, 4) is 6.07 Å². The van der Waals surface area contributed by atoms with E-state index in [-0.39, 0.29) is 5.57 Å². The normalized spacial score (nSPS) is 10.9. The Morgan fingerprint density at radius 2 is 2.45 bits per heavy atom. The Labute approximate surface area is 118 Å². The van der Waals surface area contributed by atoms with Crippen LogP contribution in [-0.2, 0) is 16.1 Å². The number of hydrogen-bond donors (Lipinski definition) is 2. The van der Waals surface area contributed by atoms with Gasteiger partial charge >= 0.3 is 0 Å². The third-order valence-electron chi connectivity index (χ3n) is 2.42. The fourth-order valence-corrected chi connectivity index (χ4v) is 1.43. The second-order valence-electron chi connectivity index (χ2n) is 3.94. The van der Waals surface area contributed by atoms with E-state index in [1.54, 1.807) is 18.4 Å². The zero-order valence-electron chi connectivity index (χ0n) is 11.5. The van der Waals surface area contributed by atoms with Crippen LogP contribution in [0.5, 0.6) is 0 Å². The molecule has 2 N–H and O–H groups in total. The predicted octanol–water partition coefficient (Wildman–Crippen LogP) is 1.32. The van der Waals surface area contributed by atoms with Gasteiger partial charge in [-0.25, -0.2) is 0 Å². The van der Waals surface area contributed by atoms with E-state index in [0.29, 0.717) is 26.3 Å². The van der Waals surface area contributed by atoms with Crippen molar-refractivity contribution in [2.45, 2.75) is 19.9 Å². The molecule has 0 radical (unpaired) electrons. The van der Waals surface area contributed by atoms with Gasteiger partial charge in [0.1, 0.15) is 17.4 Å². The maximum absolute atomic E-state index is 11.7. The molecule has 1 aromatic rings. The fraction of sp³-hybridized carbons (Fsp3) is 0.429. The Morgan fingerprint density at radius 3 is 3.10 bits per heavy atom. The minimum Gasteiger partial charge on any atom is -0.467 e. The second-order valence-corrected chi connectivity index (χ2v) is 3.94. The molecule has 0 fully saturated rings. The highest BCUT2D eigenvalue weighted by Crippen LogP contribution is 1.99. The monoisotopic (exact) mass is 277 g/mol. The summed E-state index contributed by atoms with van der Waals surface area (Å²) in [5.74, 6) is 0.339. The van der Waals surface area contributed by atoms with Gasteiger partial charge in [-0.05, 0) is 25.5 Å². The standard InChI is InChI=1S/C14H19N3O3/c1-2-19-7-4-6-17-14(18)12(9-15)10-16-11-13-5-3-8-20-13/h3,5,8,10,16H,2,4,6-7,11H2,1H3,(H,17,18)/b12-10-. The van der Waals surface area contributed by atoms with E-state index in [1.165, 1.54) is 6.20 Å². The first kappa shape index (κ1) is 15.8. The molecular formula is C14H19N3O3. The molecule has 1 aromatic heterocycles. The van der Waals surface area contributed by atoms with Gasteiger partial charge in [0, 0.05) is 26.0 Å². The third-order valence-corrected chi connectivity index (χ3v) is 2.42. The second kappa shape index (κ2) is 9.64. The van der Waals surface area contributed by atoms with Crippen LogP contribution in [0.25, 0.3) is 0 Å². The summed E-state index contributed by atoms with van der Waals surface area (Å²) in [6.07, 6.45) is 3.68. The first-order valence-corrected chi connectivity index (χ1v) is 6.50. The van der Waals surface area contributed by atoms with E-state index in [2.05, 4.69) is 10.6 Å². The first-order valence-electron chi connectivity index (χ1n) is 6.50. The Balaban J connectivity index is 2.29. The lowest BCUT2D eigenvalue weighted by atomic mass is 10.3. The van der Waals surface area contributed by atoms with Gasteiger partial charge < -0.3 is 19.8 Å². The highest BCUT2D eigenvalue weighted by Gasteiger charge is 2.07. The number of furan rings is 1. The SMILES string of the molecule is CCOCCCNC(=O)/C(C#N)=C\NCc1ccco1. The predicted molar refractivity (Wildman–Crippen MR) is 73.4 cm³/mol. The van der Waals surface area contributed by atoms with Crippen LogP contribution >= 0.6 is 0 Å². The molecule has 108 valence electrons. The zero-order chi connectivity index (χ0) is 14.6. The molecule has 0 aromatic carbocycles. The molecule has 1 heterocycles. The van der Waals surface area contributed by atoms with E-state index in [1.807, 2.05) is 13.0 Å². The van der Waals surface area contributed by atoms with Crippen LogP contribution in [0.4, 0.5) is 0 Å². The van der Waals surface area contributed by atoms with Gasteiger partial charge in [0.25, 0.3) is 5.91 Å². The number of ether oxygens (including phenoxy) is 1. The van der Waals surface area contributed by atoms with Crippen LogP contribution in [0.2, 0.25) is 0 Å². The molecular weight excluding hydrogens is 258 g/mol. The maximum atomic E-state index is 11.7. The highest BCUT2D eigenvalue weighted by molar-refractivity contribution is 5.97. The number of rotatable bonds is 9. The number of carbonyl (C=O) groups excluding carboxylic acids is 1. The van der Waals surface area contributed by atoms with Gasteiger partial charge in [-0.1, -0.05) is 0 Å². The van der Waals surface area contributed by atoms with E-state index >= 15 is 0 Å². The molecule has 6 heteroatoms. The number of nitrogens with zero attached hydrogens (tertiary/aromatic N) is 1. The number of nitrogens with one attached hydrogen (secondary N) is 2. The Kier molecular flexibility index (Phi) is 7.62. The van der Waals surface area contributed by atoms with E-state index in [9.17, 15) is 4.79 Å². The lowest BCUT2D eigenvalue weighted by molar-refractivity contribution is -0.117. The van der Waals surface area contributed by atoms with Crippen molar-refractivity contribution in [1.82, 2.24) is 10.6 Å². The van der Waals surface area contributed by atoms with Crippen LogP contribution in [0, 0.1) is 11.3 Å². The minimum atomic E-state index is -0.393. The largest absolute Gasteiger partial charge is 0.467 e. The summed E-state index contributed by atoms with van der Waals surface area (Å²) in [5, 5.41) is 14.5. The Hall–Kier alpha value is -2.26. The molecule has 1 amide bonds. The van der Waals surface area contributed by atoms with Crippen molar-refractivity contribution >= 4 is 5.91 Å². The van der Waals surface area contributed by atoms with Crippen LogP contribution < -0.4 is 10.6 Å². The molecule has 0 spiro atoms. The lowest BCUT2D eigenvalue weighted by Crippen LogP contribution is -2.27. The molecule has 0 saturated heterocycles. The van der Waals surface area contributed by atoms with Gasteiger partial charge in [0.05, 0.1) is 12.8 Å². The molecule has 6 nitrogen and oxygen atoms in total. The fourth-order valence-electron chi connectivity index (χ4n) is 1.43. The van der Waals surface area contributed by atoms with Gasteiger partial charge in [0.15, 0.2) is 0 Å². The van der Waals surface area contributed by atoms with Crippen molar-refractivity contribution in [2.24, 2.45) is 0 Å². The molecule has 0 atom stereocenters. The Morgan fingerprint density at radius 1 is 1.60 bits per heavy atom. The number of nitriles is 1. The first-order chi connectivity index (χ1) is 9.77. The van der Waals surface area contributed by atoms with Crippen LogP contribution in [0.3, 0.4) is 0 Å². The smallest absolute Gasteiger partial charge is 0.263 e. The van der Waals surface area contributed by atoms with Crippen LogP contribution in [0.15, 0.2) is 34.6 Å². The summed E-state index contributed by atoms with van der Waals surface area (Å²) in [6, 6.07) is 5.44. The molecule has 0 saturated carbocycles. The van der Waals surface area contributed by atoms with E-state index < -0.39 is 5.91 Å². The summed E-state index contributed by atoms with van der Waals surface area (Å²) in [5.41, 5.74) is 0.0352. The number of carbonyl (C=O) groups is 1. The van der Waals surface area contributed by atoms with Gasteiger partial charge in [-0.3, -0.25) is 4.79 Å². The third kappa shape index (κ3) is 6.07. The highest BCUT2D eigenvalue weighted by atomic mass is 16.5. The average Bonchev–Trinajstić information content (AvgIpc) is 2.96. The summed E-state index contributed by atoms with van der Waals surface area (Å²) in [6.45, 7) is 4.08. The molecule has 0 bridgehead atoms. The van der Waals surface area contributed by atoms with Crippen molar-refractivity contribution in [3.63, 3.8) is 0 Å². The summed E-state index contributed by atoms with van der Waals surface area (Å²) in [7, 11) is 0. The zero-order valence-corrected chi connectivity index (χ0v) is 11.5. The van der Waals surface area contributed by atoms with Crippen LogP contribution in [0.1, 0.15) is 19.1 Å². The summed E-state index contributed by atoms with van der Waals surface area (Å²) >= 11 is 0. The van der Waals surface area contributed by atoms with Crippen molar-refractivity contribution in [2.75, 3.05) is 19.8 Å². The average molecular weight is 277 g/mol.